The number of hydrogen-bond donors (Lipinski definition) is 1. The fourth-order valence-corrected chi connectivity index (χ4v) is 5.18. The molecular formula is C22H28N2O4S. The molecule has 0 bridgehead atoms. The summed E-state index contributed by atoms with van der Waals surface area (Å²) in [6, 6.07) is 12.4. The van der Waals surface area contributed by atoms with Gasteiger partial charge in [0.15, 0.2) is 6.61 Å². The summed E-state index contributed by atoms with van der Waals surface area (Å²) in [6.07, 6.45) is 2.62. The lowest BCUT2D eigenvalue weighted by atomic mass is 10.2. The molecule has 1 amide bonds. The van der Waals surface area contributed by atoms with Gasteiger partial charge in [0.2, 0.25) is 0 Å². The summed E-state index contributed by atoms with van der Waals surface area (Å²) in [4.78, 5) is 12.2. The van der Waals surface area contributed by atoms with E-state index >= 15 is 0 Å². The molecule has 1 aliphatic rings. The quantitative estimate of drug-likeness (QED) is 0.715. The van der Waals surface area contributed by atoms with Crippen LogP contribution in [-0.2, 0) is 21.2 Å². The Hall–Kier alpha value is -2.54. The monoisotopic (exact) mass is 416 g/mol. The highest BCUT2D eigenvalue weighted by atomic mass is 32.2. The van der Waals surface area contributed by atoms with Crippen LogP contribution in [0.1, 0.15) is 37.8 Å². The number of hydrogen-bond acceptors (Lipinski definition) is 4. The van der Waals surface area contributed by atoms with Gasteiger partial charge in [-0.25, -0.2) is 8.42 Å². The SMILES string of the molecule is CCC[C@@H](C)NC(=O)COc1ccc(S(=O)(=O)N2CCc3ccccc32)cc1C. The van der Waals surface area contributed by atoms with E-state index in [0.717, 1.165) is 24.1 Å². The molecular weight excluding hydrogens is 388 g/mol. The minimum absolute atomic E-state index is 0.0967. The summed E-state index contributed by atoms with van der Waals surface area (Å²) in [5.41, 5.74) is 2.45. The molecule has 0 fully saturated rings. The second-order valence-corrected chi connectivity index (χ2v) is 9.29. The van der Waals surface area contributed by atoms with Crippen molar-refractivity contribution in [3.63, 3.8) is 0 Å². The molecule has 156 valence electrons. The van der Waals surface area contributed by atoms with Crippen molar-refractivity contribution in [1.29, 1.82) is 0 Å². The maximum Gasteiger partial charge on any atom is 0.264 e. The number of amides is 1. The smallest absolute Gasteiger partial charge is 0.264 e. The van der Waals surface area contributed by atoms with Gasteiger partial charge in [-0.1, -0.05) is 31.5 Å². The number of fused-ring (bicyclic) bond motifs is 1. The third kappa shape index (κ3) is 4.72. The van der Waals surface area contributed by atoms with Crippen LogP contribution in [0.3, 0.4) is 0 Å². The zero-order valence-electron chi connectivity index (χ0n) is 17.1. The van der Waals surface area contributed by atoms with Gasteiger partial charge in [0, 0.05) is 12.6 Å². The number of para-hydroxylation sites is 1. The largest absolute Gasteiger partial charge is 0.484 e. The Morgan fingerprint density at radius 1 is 1.24 bits per heavy atom. The van der Waals surface area contributed by atoms with Gasteiger partial charge in [-0.3, -0.25) is 9.10 Å². The van der Waals surface area contributed by atoms with E-state index in [4.69, 9.17) is 4.74 Å². The third-order valence-corrected chi connectivity index (χ3v) is 6.88. The van der Waals surface area contributed by atoms with Crippen molar-refractivity contribution in [3.8, 4) is 5.75 Å². The summed E-state index contributed by atoms with van der Waals surface area (Å²) in [5.74, 6) is 0.319. The minimum Gasteiger partial charge on any atom is -0.484 e. The molecule has 2 aromatic rings. The Morgan fingerprint density at radius 2 is 2.00 bits per heavy atom. The molecule has 29 heavy (non-hydrogen) atoms. The Labute approximate surface area is 172 Å². The van der Waals surface area contributed by atoms with Crippen LogP contribution < -0.4 is 14.4 Å². The molecule has 1 atom stereocenters. The first-order valence-corrected chi connectivity index (χ1v) is 11.4. The molecule has 0 unspecified atom stereocenters. The molecule has 3 rings (SSSR count). The maximum atomic E-state index is 13.1. The van der Waals surface area contributed by atoms with E-state index in [-0.39, 0.29) is 23.5 Å². The Kier molecular flexibility index (Phi) is 6.47. The highest BCUT2D eigenvalue weighted by Crippen LogP contribution is 2.33. The van der Waals surface area contributed by atoms with Gasteiger partial charge >= 0.3 is 0 Å². The first-order chi connectivity index (χ1) is 13.8. The highest BCUT2D eigenvalue weighted by Gasteiger charge is 2.30. The number of ether oxygens (including phenoxy) is 1. The van der Waals surface area contributed by atoms with Crippen molar-refractivity contribution < 1.29 is 17.9 Å². The van der Waals surface area contributed by atoms with Crippen molar-refractivity contribution in [3.05, 3.63) is 53.6 Å². The number of rotatable bonds is 8. The number of carbonyl (C=O) groups is 1. The number of benzene rings is 2. The molecule has 6 nitrogen and oxygen atoms in total. The van der Waals surface area contributed by atoms with Crippen LogP contribution in [0.4, 0.5) is 5.69 Å². The zero-order valence-corrected chi connectivity index (χ0v) is 18.0. The van der Waals surface area contributed by atoms with E-state index in [0.29, 0.717) is 24.3 Å². The normalized spacial score (nSPS) is 14.4. The molecule has 1 aliphatic heterocycles. The average Bonchev–Trinajstić information content (AvgIpc) is 3.12. The number of carbonyl (C=O) groups excluding carboxylic acids is 1. The van der Waals surface area contributed by atoms with Crippen LogP contribution in [0.15, 0.2) is 47.4 Å². The molecule has 1 heterocycles. The fraction of sp³-hybridized carbons (Fsp3) is 0.409. The number of nitrogens with zero attached hydrogens (tertiary/aromatic N) is 1. The fourth-order valence-electron chi connectivity index (χ4n) is 3.59. The molecule has 2 aromatic carbocycles. The van der Waals surface area contributed by atoms with Crippen molar-refractivity contribution in [2.45, 2.75) is 51.0 Å². The summed E-state index contributed by atoms with van der Waals surface area (Å²) in [7, 11) is -3.65. The number of sulfonamides is 1. The van der Waals surface area contributed by atoms with Gasteiger partial charge in [-0.2, -0.15) is 0 Å². The lowest BCUT2D eigenvalue weighted by Crippen LogP contribution is -2.36. The average molecular weight is 417 g/mol. The first-order valence-electron chi connectivity index (χ1n) is 9.96. The van der Waals surface area contributed by atoms with E-state index in [2.05, 4.69) is 12.2 Å². The molecule has 0 saturated heterocycles. The predicted molar refractivity (Wildman–Crippen MR) is 114 cm³/mol. The van der Waals surface area contributed by atoms with Gasteiger partial charge in [0.25, 0.3) is 15.9 Å². The van der Waals surface area contributed by atoms with Crippen molar-refractivity contribution in [2.75, 3.05) is 17.5 Å². The van der Waals surface area contributed by atoms with Crippen LogP contribution in [0.5, 0.6) is 5.75 Å². The van der Waals surface area contributed by atoms with E-state index in [9.17, 15) is 13.2 Å². The second-order valence-electron chi connectivity index (χ2n) is 7.43. The van der Waals surface area contributed by atoms with E-state index in [1.165, 1.54) is 10.4 Å². The topological polar surface area (TPSA) is 75.7 Å². The number of aryl methyl sites for hydroxylation is 1. The molecule has 7 heteroatoms. The Morgan fingerprint density at radius 3 is 2.72 bits per heavy atom. The van der Waals surface area contributed by atoms with Gasteiger partial charge in [0.05, 0.1) is 10.6 Å². The summed E-state index contributed by atoms with van der Waals surface area (Å²) < 4.78 is 33.3. The van der Waals surface area contributed by atoms with Crippen LogP contribution in [-0.4, -0.2) is 33.5 Å². The van der Waals surface area contributed by atoms with Gasteiger partial charge in [-0.15, -0.1) is 0 Å². The minimum atomic E-state index is -3.65. The highest BCUT2D eigenvalue weighted by molar-refractivity contribution is 7.92. The molecule has 0 radical (unpaired) electrons. The van der Waals surface area contributed by atoms with Gasteiger partial charge in [0.1, 0.15) is 5.75 Å². The standard InChI is InChI=1S/C22H28N2O4S/c1-4-7-17(3)23-22(25)15-28-21-11-10-19(14-16(21)2)29(26,27)24-13-12-18-8-5-6-9-20(18)24/h5-6,8-11,14,17H,4,7,12-13,15H2,1-3H3,(H,23,25)/t17-/m1/s1. The molecule has 0 aromatic heterocycles. The van der Waals surface area contributed by atoms with Crippen molar-refractivity contribution >= 4 is 21.6 Å². The molecule has 0 spiro atoms. The van der Waals surface area contributed by atoms with E-state index < -0.39 is 10.0 Å². The van der Waals surface area contributed by atoms with E-state index in [1.807, 2.05) is 31.2 Å². The third-order valence-electron chi connectivity index (χ3n) is 5.07. The molecule has 0 aliphatic carbocycles. The zero-order chi connectivity index (χ0) is 21.0. The Balaban J connectivity index is 1.70. The van der Waals surface area contributed by atoms with E-state index in [1.54, 1.807) is 19.1 Å². The van der Waals surface area contributed by atoms with Crippen LogP contribution >= 0.6 is 0 Å². The van der Waals surface area contributed by atoms with Gasteiger partial charge in [-0.05, 0) is 62.1 Å². The Bertz CT molecular complexity index is 988. The van der Waals surface area contributed by atoms with Crippen LogP contribution in [0, 0.1) is 6.92 Å². The van der Waals surface area contributed by atoms with Crippen molar-refractivity contribution in [1.82, 2.24) is 5.32 Å². The van der Waals surface area contributed by atoms with Crippen LogP contribution in [0.2, 0.25) is 0 Å². The van der Waals surface area contributed by atoms with Crippen molar-refractivity contribution in [2.24, 2.45) is 0 Å². The lowest BCUT2D eigenvalue weighted by Gasteiger charge is -2.20. The number of nitrogens with one attached hydrogen (secondary N) is 1. The van der Waals surface area contributed by atoms with Gasteiger partial charge < -0.3 is 10.1 Å². The predicted octanol–water partition coefficient (Wildman–Crippen LogP) is 3.43. The summed E-state index contributed by atoms with van der Waals surface area (Å²) in [5, 5.41) is 2.89. The summed E-state index contributed by atoms with van der Waals surface area (Å²) in [6.45, 7) is 6.15. The second kappa shape index (κ2) is 8.86. The molecule has 1 N–H and O–H groups in total. The lowest BCUT2D eigenvalue weighted by molar-refractivity contribution is -0.123. The molecule has 0 saturated carbocycles. The maximum absolute atomic E-state index is 13.1. The number of anilines is 1. The van der Waals surface area contributed by atoms with Crippen LogP contribution in [0.25, 0.3) is 0 Å². The first kappa shape index (κ1) is 21.2. The summed E-state index contributed by atoms with van der Waals surface area (Å²) >= 11 is 0.